The van der Waals surface area contributed by atoms with Gasteiger partial charge < -0.3 is 5.73 Å². The lowest BCUT2D eigenvalue weighted by Crippen LogP contribution is -2.25. The molecule has 6 heteroatoms. The van der Waals surface area contributed by atoms with Crippen LogP contribution in [0.3, 0.4) is 0 Å². The highest BCUT2D eigenvalue weighted by Crippen LogP contribution is 2.21. The summed E-state index contributed by atoms with van der Waals surface area (Å²) in [5.41, 5.74) is 5.45. The molecule has 17 heavy (non-hydrogen) atoms. The van der Waals surface area contributed by atoms with Crippen molar-refractivity contribution >= 4 is 15.7 Å². The molecule has 0 aliphatic rings. The van der Waals surface area contributed by atoms with Crippen LogP contribution in [0.2, 0.25) is 0 Å². The third-order valence-electron chi connectivity index (χ3n) is 2.11. The van der Waals surface area contributed by atoms with Crippen LogP contribution in [0.15, 0.2) is 17.0 Å². The van der Waals surface area contributed by atoms with E-state index in [4.69, 9.17) is 5.73 Å². The van der Waals surface area contributed by atoms with Gasteiger partial charge in [-0.1, -0.05) is 5.92 Å². The van der Waals surface area contributed by atoms with Crippen molar-refractivity contribution in [1.82, 2.24) is 4.72 Å². The van der Waals surface area contributed by atoms with E-state index in [1.807, 2.05) is 0 Å². The molecule has 0 aliphatic carbocycles. The number of nitrogens with one attached hydrogen (secondary N) is 1. The van der Waals surface area contributed by atoms with Crippen LogP contribution in [-0.4, -0.2) is 15.0 Å². The zero-order valence-corrected chi connectivity index (χ0v) is 10.4. The first kappa shape index (κ1) is 13.5. The Hall–Kier alpha value is -1.58. The predicted molar refractivity (Wildman–Crippen MR) is 64.2 cm³/mol. The quantitative estimate of drug-likeness (QED) is 0.626. The summed E-state index contributed by atoms with van der Waals surface area (Å²) in [7, 11) is -3.70. The second kappa shape index (κ2) is 5.17. The van der Waals surface area contributed by atoms with Crippen molar-refractivity contribution in [3.05, 3.63) is 23.5 Å². The number of sulfonamides is 1. The molecule has 0 saturated carbocycles. The standard InChI is InChI=1S/C11H13FN2O2S/c1-3-4-5-14-17(15,16)11-7-10(13)9(12)6-8(11)2/h6-7,14H,5,13H2,1-2H3. The predicted octanol–water partition coefficient (Wildman–Crippen LogP) is 1.02. The molecule has 1 aromatic carbocycles. The summed E-state index contributed by atoms with van der Waals surface area (Å²) >= 11 is 0. The van der Waals surface area contributed by atoms with Gasteiger partial charge >= 0.3 is 0 Å². The van der Waals surface area contributed by atoms with Crippen molar-refractivity contribution in [1.29, 1.82) is 0 Å². The molecule has 0 fully saturated rings. The summed E-state index contributed by atoms with van der Waals surface area (Å²) in [5, 5.41) is 0. The van der Waals surface area contributed by atoms with Crippen LogP contribution in [0, 0.1) is 24.6 Å². The molecule has 92 valence electrons. The van der Waals surface area contributed by atoms with Gasteiger partial charge in [-0.3, -0.25) is 0 Å². The molecule has 0 saturated heterocycles. The summed E-state index contributed by atoms with van der Waals surface area (Å²) in [6.07, 6.45) is 0. The summed E-state index contributed by atoms with van der Waals surface area (Å²) < 4.78 is 39.0. The fraction of sp³-hybridized carbons (Fsp3) is 0.273. The largest absolute Gasteiger partial charge is 0.396 e. The highest BCUT2D eigenvalue weighted by atomic mass is 32.2. The van der Waals surface area contributed by atoms with Gasteiger partial charge in [0.25, 0.3) is 0 Å². The van der Waals surface area contributed by atoms with E-state index >= 15 is 0 Å². The van der Waals surface area contributed by atoms with Crippen molar-refractivity contribution in [2.45, 2.75) is 18.7 Å². The molecule has 0 atom stereocenters. The second-order valence-electron chi connectivity index (χ2n) is 3.39. The van der Waals surface area contributed by atoms with Crippen molar-refractivity contribution in [3.8, 4) is 11.8 Å². The molecule has 3 N–H and O–H groups in total. The number of aryl methyl sites for hydroxylation is 1. The number of nitrogens with two attached hydrogens (primary N) is 1. The van der Waals surface area contributed by atoms with Gasteiger partial charge in [0, 0.05) is 0 Å². The molecule has 1 rings (SSSR count). The van der Waals surface area contributed by atoms with Crippen LogP contribution < -0.4 is 10.5 Å². The lowest BCUT2D eigenvalue weighted by molar-refractivity contribution is 0.584. The number of nitrogen functional groups attached to an aromatic ring is 1. The van der Waals surface area contributed by atoms with Crippen LogP contribution in [0.5, 0.6) is 0 Å². The number of anilines is 1. The molecule has 1 aromatic rings. The average molecular weight is 256 g/mol. The first-order valence-electron chi connectivity index (χ1n) is 4.83. The number of hydrogen-bond donors (Lipinski definition) is 2. The maximum absolute atomic E-state index is 13.1. The second-order valence-corrected chi connectivity index (χ2v) is 5.13. The molecule has 0 bridgehead atoms. The van der Waals surface area contributed by atoms with E-state index in [1.165, 1.54) is 6.92 Å². The topological polar surface area (TPSA) is 72.2 Å². The van der Waals surface area contributed by atoms with Gasteiger partial charge in [0.2, 0.25) is 10.0 Å². The first-order valence-corrected chi connectivity index (χ1v) is 6.31. The number of benzene rings is 1. The molecule has 4 nitrogen and oxygen atoms in total. The Morgan fingerprint density at radius 2 is 2.12 bits per heavy atom. The van der Waals surface area contributed by atoms with Crippen LogP contribution in [0.4, 0.5) is 10.1 Å². The highest BCUT2D eigenvalue weighted by molar-refractivity contribution is 7.89. The lowest BCUT2D eigenvalue weighted by atomic mass is 10.2. The van der Waals surface area contributed by atoms with Crippen LogP contribution >= 0.6 is 0 Å². The third-order valence-corrected chi connectivity index (χ3v) is 3.65. The smallest absolute Gasteiger partial charge is 0.241 e. The van der Waals surface area contributed by atoms with Crippen molar-refractivity contribution in [3.63, 3.8) is 0 Å². The Balaban J connectivity index is 3.14. The van der Waals surface area contributed by atoms with Crippen LogP contribution in [-0.2, 0) is 10.0 Å². The Labute approximate surface area is 100 Å². The van der Waals surface area contributed by atoms with E-state index in [0.717, 1.165) is 12.1 Å². The van der Waals surface area contributed by atoms with Gasteiger partial charge in [0.1, 0.15) is 5.82 Å². The zero-order chi connectivity index (χ0) is 13.1. The molecular formula is C11H13FN2O2S. The third kappa shape index (κ3) is 3.19. The van der Waals surface area contributed by atoms with Crippen LogP contribution in [0.1, 0.15) is 12.5 Å². The summed E-state index contributed by atoms with van der Waals surface area (Å²) in [5.74, 6) is 4.51. The lowest BCUT2D eigenvalue weighted by Gasteiger charge is -2.08. The minimum atomic E-state index is -3.70. The minimum Gasteiger partial charge on any atom is -0.396 e. The number of hydrogen-bond acceptors (Lipinski definition) is 3. The normalized spacial score (nSPS) is 10.8. The molecular weight excluding hydrogens is 243 g/mol. The first-order chi connectivity index (χ1) is 7.88. The van der Waals surface area contributed by atoms with Gasteiger partial charge in [-0.25, -0.2) is 12.8 Å². The van der Waals surface area contributed by atoms with E-state index in [2.05, 4.69) is 16.6 Å². The minimum absolute atomic E-state index is 0.00948. The summed E-state index contributed by atoms with van der Waals surface area (Å²) in [6.45, 7) is 3.12. The van der Waals surface area contributed by atoms with Gasteiger partial charge in [-0.15, -0.1) is 5.92 Å². The van der Waals surface area contributed by atoms with Crippen molar-refractivity contribution in [2.75, 3.05) is 12.3 Å². The highest BCUT2D eigenvalue weighted by Gasteiger charge is 2.17. The van der Waals surface area contributed by atoms with E-state index in [0.29, 0.717) is 5.56 Å². The monoisotopic (exact) mass is 256 g/mol. The maximum Gasteiger partial charge on any atom is 0.241 e. The van der Waals surface area contributed by atoms with Gasteiger partial charge in [0.15, 0.2) is 0 Å². The van der Waals surface area contributed by atoms with E-state index in [1.54, 1.807) is 6.92 Å². The van der Waals surface area contributed by atoms with E-state index < -0.39 is 15.8 Å². The summed E-state index contributed by atoms with van der Waals surface area (Å²) in [4.78, 5) is -0.0331. The van der Waals surface area contributed by atoms with Gasteiger partial charge in [0.05, 0.1) is 17.1 Å². The fourth-order valence-electron chi connectivity index (χ4n) is 1.26. The van der Waals surface area contributed by atoms with Crippen molar-refractivity contribution in [2.24, 2.45) is 0 Å². The Morgan fingerprint density at radius 3 is 2.71 bits per heavy atom. The Bertz CT molecular complexity index is 585. The molecule has 0 amide bonds. The van der Waals surface area contributed by atoms with Gasteiger partial charge in [-0.05, 0) is 31.5 Å². The SMILES string of the molecule is CC#CCNS(=O)(=O)c1cc(N)c(F)cc1C. The molecule has 0 spiro atoms. The summed E-state index contributed by atoms with van der Waals surface area (Å²) in [6, 6.07) is 2.20. The fourth-order valence-corrected chi connectivity index (χ4v) is 2.44. The Kier molecular flexibility index (Phi) is 4.10. The molecule has 0 aliphatic heterocycles. The van der Waals surface area contributed by atoms with E-state index in [9.17, 15) is 12.8 Å². The maximum atomic E-state index is 13.1. The van der Waals surface area contributed by atoms with Gasteiger partial charge in [-0.2, -0.15) is 4.72 Å². The zero-order valence-electron chi connectivity index (χ0n) is 9.54. The molecule has 0 unspecified atom stereocenters. The van der Waals surface area contributed by atoms with Crippen molar-refractivity contribution < 1.29 is 12.8 Å². The number of rotatable bonds is 3. The van der Waals surface area contributed by atoms with E-state index in [-0.39, 0.29) is 17.1 Å². The Morgan fingerprint density at radius 1 is 1.47 bits per heavy atom. The van der Waals surface area contributed by atoms with Crippen LogP contribution in [0.25, 0.3) is 0 Å². The average Bonchev–Trinajstić information content (AvgIpc) is 2.23. The molecule has 0 heterocycles. The molecule has 0 aromatic heterocycles. The number of halogens is 1. The molecule has 0 radical (unpaired) electrons.